The fraction of sp³-hybridized carbons (Fsp3) is 0.692. The monoisotopic (exact) mass is 269 g/mol. The zero-order valence-corrected chi connectivity index (χ0v) is 12.0. The number of methoxy groups -OCH3 is 1. The number of carbonyl (C=O) groups is 1. The molecule has 1 heterocycles. The highest BCUT2D eigenvalue weighted by Gasteiger charge is 2.27. The molecule has 0 aliphatic carbocycles. The second kappa shape index (κ2) is 6.68. The fourth-order valence-corrected chi connectivity index (χ4v) is 2.05. The summed E-state index contributed by atoms with van der Waals surface area (Å²) in [4.78, 5) is 12.1. The molecule has 0 fully saturated rings. The van der Waals surface area contributed by atoms with Crippen LogP contribution in [-0.2, 0) is 11.3 Å². The van der Waals surface area contributed by atoms with Gasteiger partial charge < -0.3 is 20.3 Å². The third kappa shape index (κ3) is 4.65. The number of amides is 1. The van der Waals surface area contributed by atoms with Gasteiger partial charge in [0.2, 0.25) is 0 Å². The topological polar surface area (TPSA) is 90.4 Å². The Bertz CT molecular complexity index is 417. The lowest BCUT2D eigenvalue weighted by Crippen LogP contribution is -2.52. The van der Waals surface area contributed by atoms with Gasteiger partial charge >= 0.3 is 0 Å². The summed E-state index contributed by atoms with van der Waals surface area (Å²) in [6.45, 7) is 6.78. The fourth-order valence-electron chi connectivity index (χ4n) is 2.05. The molecular formula is C13H23N3O3. The molecule has 0 bridgehead atoms. The van der Waals surface area contributed by atoms with Gasteiger partial charge in [0.25, 0.3) is 5.91 Å². The molecule has 108 valence electrons. The van der Waals surface area contributed by atoms with Crippen molar-refractivity contribution in [2.24, 2.45) is 11.7 Å². The highest BCUT2D eigenvalue weighted by molar-refractivity contribution is 5.92. The number of nitrogens with zero attached hydrogens (tertiary/aromatic N) is 1. The highest BCUT2D eigenvalue weighted by atomic mass is 16.5. The molecule has 1 rings (SSSR count). The second-order valence-corrected chi connectivity index (χ2v) is 5.43. The van der Waals surface area contributed by atoms with Gasteiger partial charge in [0.1, 0.15) is 6.61 Å². The SMILES string of the molecule is COCc1cc(C(=O)NC(C)(CN)CC(C)C)no1. The van der Waals surface area contributed by atoms with E-state index in [1.165, 1.54) is 0 Å². The van der Waals surface area contributed by atoms with Crippen LogP contribution in [0.4, 0.5) is 0 Å². The predicted molar refractivity (Wildman–Crippen MR) is 71.6 cm³/mol. The summed E-state index contributed by atoms with van der Waals surface area (Å²) in [6, 6.07) is 1.57. The Morgan fingerprint density at radius 3 is 2.84 bits per heavy atom. The van der Waals surface area contributed by atoms with Crippen molar-refractivity contribution in [1.82, 2.24) is 10.5 Å². The van der Waals surface area contributed by atoms with E-state index in [0.29, 0.717) is 24.8 Å². The average molecular weight is 269 g/mol. The molecule has 6 heteroatoms. The van der Waals surface area contributed by atoms with Crippen LogP contribution in [0.5, 0.6) is 0 Å². The third-order valence-corrected chi connectivity index (χ3v) is 2.80. The summed E-state index contributed by atoms with van der Waals surface area (Å²) in [7, 11) is 1.55. The van der Waals surface area contributed by atoms with E-state index in [9.17, 15) is 4.79 Å². The number of hydrogen-bond donors (Lipinski definition) is 2. The number of hydrogen-bond acceptors (Lipinski definition) is 5. The number of nitrogens with one attached hydrogen (secondary N) is 1. The van der Waals surface area contributed by atoms with Gasteiger partial charge in [-0.25, -0.2) is 0 Å². The third-order valence-electron chi connectivity index (χ3n) is 2.80. The first kappa shape index (κ1) is 15.7. The molecule has 19 heavy (non-hydrogen) atoms. The number of ether oxygens (including phenoxy) is 1. The second-order valence-electron chi connectivity index (χ2n) is 5.43. The molecule has 0 saturated carbocycles. The molecule has 1 aromatic heterocycles. The van der Waals surface area contributed by atoms with Crippen LogP contribution in [0, 0.1) is 5.92 Å². The van der Waals surface area contributed by atoms with E-state index in [4.69, 9.17) is 15.0 Å². The minimum absolute atomic E-state index is 0.246. The molecule has 0 saturated heterocycles. The number of rotatable bonds is 7. The van der Waals surface area contributed by atoms with E-state index in [1.807, 2.05) is 6.92 Å². The molecule has 1 aromatic rings. The predicted octanol–water partition coefficient (Wildman–Crippen LogP) is 1.31. The quantitative estimate of drug-likeness (QED) is 0.779. The van der Waals surface area contributed by atoms with Gasteiger partial charge in [-0.3, -0.25) is 4.79 Å². The van der Waals surface area contributed by atoms with Crippen molar-refractivity contribution in [3.05, 3.63) is 17.5 Å². The maximum Gasteiger partial charge on any atom is 0.273 e. The molecule has 1 amide bonds. The summed E-state index contributed by atoms with van der Waals surface area (Å²) in [6.07, 6.45) is 0.804. The van der Waals surface area contributed by atoms with Crippen LogP contribution in [0.3, 0.4) is 0 Å². The van der Waals surface area contributed by atoms with Crippen molar-refractivity contribution >= 4 is 5.91 Å². The largest absolute Gasteiger partial charge is 0.377 e. The smallest absolute Gasteiger partial charge is 0.273 e. The van der Waals surface area contributed by atoms with Crippen LogP contribution in [0.1, 0.15) is 43.4 Å². The highest BCUT2D eigenvalue weighted by Crippen LogP contribution is 2.16. The Morgan fingerprint density at radius 2 is 2.32 bits per heavy atom. The Kier molecular flexibility index (Phi) is 5.50. The van der Waals surface area contributed by atoms with Crippen LogP contribution >= 0.6 is 0 Å². The van der Waals surface area contributed by atoms with Gasteiger partial charge in [-0.2, -0.15) is 0 Å². The molecule has 1 unspecified atom stereocenters. The Balaban J connectivity index is 2.70. The Labute approximate surface area is 113 Å². The first-order valence-corrected chi connectivity index (χ1v) is 6.37. The van der Waals surface area contributed by atoms with Gasteiger partial charge in [-0.15, -0.1) is 0 Å². The van der Waals surface area contributed by atoms with Gasteiger partial charge in [0.15, 0.2) is 11.5 Å². The van der Waals surface area contributed by atoms with E-state index in [-0.39, 0.29) is 11.6 Å². The minimum Gasteiger partial charge on any atom is -0.377 e. The van der Waals surface area contributed by atoms with E-state index < -0.39 is 5.54 Å². The van der Waals surface area contributed by atoms with Crippen LogP contribution < -0.4 is 11.1 Å². The van der Waals surface area contributed by atoms with E-state index in [2.05, 4.69) is 24.3 Å². The molecule has 3 N–H and O–H groups in total. The van der Waals surface area contributed by atoms with Crippen molar-refractivity contribution in [3.8, 4) is 0 Å². The molecule has 0 aliphatic heterocycles. The number of nitrogens with two attached hydrogens (primary N) is 1. The van der Waals surface area contributed by atoms with Gasteiger partial charge in [0, 0.05) is 19.7 Å². The van der Waals surface area contributed by atoms with E-state index in [0.717, 1.165) is 6.42 Å². The molecule has 1 atom stereocenters. The first-order valence-electron chi connectivity index (χ1n) is 6.37. The van der Waals surface area contributed by atoms with E-state index in [1.54, 1.807) is 13.2 Å². The normalized spacial score (nSPS) is 14.4. The van der Waals surface area contributed by atoms with Crippen LogP contribution in [-0.4, -0.2) is 30.3 Å². The van der Waals surface area contributed by atoms with Crippen molar-refractivity contribution in [2.75, 3.05) is 13.7 Å². The first-order chi connectivity index (χ1) is 8.90. The minimum atomic E-state index is -0.439. The molecular weight excluding hydrogens is 246 g/mol. The standard InChI is InChI=1S/C13H23N3O3/c1-9(2)6-13(3,8-14)15-12(17)11-5-10(7-18-4)19-16-11/h5,9H,6-8,14H2,1-4H3,(H,15,17). The summed E-state index contributed by atoms with van der Waals surface area (Å²) < 4.78 is 9.90. The number of aromatic nitrogens is 1. The summed E-state index contributed by atoms with van der Waals surface area (Å²) in [5, 5.41) is 6.64. The summed E-state index contributed by atoms with van der Waals surface area (Å²) in [5.41, 5.74) is 5.56. The van der Waals surface area contributed by atoms with Gasteiger partial charge in [-0.05, 0) is 19.3 Å². The average Bonchev–Trinajstić information content (AvgIpc) is 2.77. The molecule has 0 radical (unpaired) electrons. The van der Waals surface area contributed by atoms with Crippen LogP contribution in [0.25, 0.3) is 0 Å². The van der Waals surface area contributed by atoms with Gasteiger partial charge in [-0.1, -0.05) is 19.0 Å². The zero-order chi connectivity index (χ0) is 14.5. The lowest BCUT2D eigenvalue weighted by molar-refractivity contribution is 0.0888. The Morgan fingerprint density at radius 1 is 1.63 bits per heavy atom. The van der Waals surface area contributed by atoms with Crippen molar-refractivity contribution in [3.63, 3.8) is 0 Å². The number of carbonyl (C=O) groups excluding carboxylic acids is 1. The van der Waals surface area contributed by atoms with Crippen molar-refractivity contribution < 1.29 is 14.1 Å². The lowest BCUT2D eigenvalue weighted by atomic mass is 9.90. The summed E-state index contributed by atoms with van der Waals surface area (Å²) in [5.74, 6) is 0.681. The van der Waals surface area contributed by atoms with Crippen molar-refractivity contribution in [1.29, 1.82) is 0 Å². The van der Waals surface area contributed by atoms with E-state index >= 15 is 0 Å². The van der Waals surface area contributed by atoms with Gasteiger partial charge in [0.05, 0.1) is 5.54 Å². The van der Waals surface area contributed by atoms with Crippen LogP contribution in [0.15, 0.2) is 10.6 Å². The maximum absolute atomic E-state index is 12.1. The molecule has 0 aliphatic rings. The zero-order valence-electron chi connectivity index (χ0n) is 12.0. The van der Waals surface area contributed by atoms with Crippen LogP contribution in [0.2, 0.25) is 0 Å². The Hall–Kier alpha value is -1.40. The summed E-state index contributed by atoms with van der Waals surface area (Å²) >= 11 is 0. The maximum atomic E-state index is 12.1. The lowest BCUT2D eigenvalue weighted by Gasteiger charge is -2.30. The molecule has 6 nitrogen and oxygen atoms in total. The van der Waals surface area contributed by atoms with Crippen molar-refractivity contribution in [2.45, 2.75) is 39.3 Å². The molecule has 0 aromatic carbocycles. The molecule has 0 spiro atoms.